The average molecular weight is 274 g/mol. The molecule has 0 heterocycles. The van der Waals surface area contributed by atoms with Gasteiger partial charge in [0.1, 0.15) is 11.3 Å². The van der Waals surface area contributed by atoms with E-state index >= 15 is 0 Å². The van der Waals surface area contributed by atoms with Crippen LogP contribution in [-0.2, 0) is 0 Å². The fourth-order valence-corrected chi connectivity index (χ4v) is 2.52. The van der Waals surface area contributed by atoms with E-state index in [2.05, 4.69) is 11.4 Å². The Balaban J connectivity index is 1.93. The monoisotopic (exact) mass is 274 g/mol. The summed E-state index contributed by atoms with van der Waals surface area (Å²) in [6.07, 6.45) is 8.09. The highest BCUT2D eigenvalue weighted by atomic mass is 16.5. The summed E-state index contributed by atoms with van der Waals surface area (Å²) in [4.78, 5) is 12.2. The second-order valence-corrected chi connectivity index (χ2v) is 5.04. The molecular formula is C16H22N2O2. The summed E-state index contributed by atoms with van der Waals surface area (Å²) in [5.41, 5.74) is 8.18. The first-order chi connectivity index (χ1) is 9.72. The Bertz CT molecular complexity index is 509. The summed E-state index contributed by atoms with van der Waals surface area (Å²) in [5, 5.41) is 2.92. The molecule has 0 atom stereocenters. The molecule has 1 aromatic rings. The SMILES string of the molecule is COc1cccc(N)c1C(=O)NCCC1=CCCCC1. The van der Waals surface area contributed by atoms with Crippen LogP contribution in [0.25, 0.3) is 0 Å². The number of nitrogen functional groups attached to an aromatic ring is 1. The largest absolute Gasteiger partial charge is 0.496 e. The van der Waals surface area contributed by atoms with Crippen molar-refractivity contribution in [3.63, 3.8) is 0 Å². The molecule has 0 aliphatic heterocycles. The second-order valence-electron chi connectivity index (χ2n) is 5.04. The first-order valence-corrected chi connectivity index (χ1v) is 7.11. The number of methoxy groups -OCH3 is 1. The van der Waals surface area contributed by atoms with Crippen LogP contribution in [0.15, 0.2) is 29.8 Å². The van der Waals surface area contributed by atoms with Gasteiger partial charge >= 0.3 is 0 Å². The molecule has 1 aliphatic rings. The van der Waals surface area contributed by atoms with E-state index < -0.39 is 0 Å². The molecule has 3 N–H and O–H groups in total. The fraction of sp³-hybridized carbons (Fsp3) is 0.438. The van der Waals surface area contributed by atoms with Gasteiger partial charge < -0.3 is 15.8 Å². The van der Waals surface area contributed by atoms with E-state index in [1.165, 1.54) is 24.8 Å². The molecule has 1 aliphatic carbocycles. The lowest BCUT2D eigenvalue weighted by Gasteiger charge is -2.14. The van der Waals surface area contributed by atoms with Crippen molar-refractivity contribution in [2.75, 3.05) is 19.4 Å². The highest BCUT2D eigenvalue weighted by Gasteiger charge is 2.15. The number of allylic oxidation sites excluding steroid dienone is 1. The lowest BCUT2D eigenvalue weighted by Crippen LogP contribution is -2.26. The number of rotatable bonds is 5. The summed E-state index contributed by atoms with van der Waals surface area (Å²) >= 11 is 0. The molecule has 4 nitrogen and oxygen atoms in total. The molecule has 0 fully saturated rings. The zero-order valence-electron chi connectivity index (χ0n) is 11.9. The topological polar surface area (TPSA) is 64.3 Å². The molecule has 0 bridgehead atoms. The van der Waals surface area contributed by atoms with Crippen molar-refractivity contribution in [2.45, 2.75) is 32.1 Å². The van der Waals surface area contributed by atoms with Gasteiger partial charge in [-0.1, -0.05) is 17.7 Å². The Kier molecular flexibility index (Phi) is 5.04. The van der Waals surface area contributed by atoms with Gasteiger partial charge in [0, 0.05) is 12.2 Å². The van der Waals surface area contributed by atoms with Crippen LogP contribution in [0.2, 0.25) is 0 Å². The molecule has 0 aromatic heterocycles. The van der Waals surface area contributed by atoms with Gasteiger partial charge in [-0.2, -0.15) is 0 Å². The van der Waals surface area contributed by atoms with Gasteiger partial charge in [-0.15, -0.1) is 0 Å². The van der Waals surface area contributed by atoms with E-state index in [1.54, 1.807) is 25.3 Å². The predicted molar refractivity (Wildman–Crippen MR) is 80.9 cm³/mol. The highest BCUT2D eigenvalue weighted by molar-refractivity contribution is 6.01. The Morgan fingerprint density at radius 1 is 1.40 bits per heavy atom. The third-order valence-corrected chi connectivity index (χ3v) is 3.62. The Hall–Kier alpha value is -1.97. The standard InChI is InChI=1S/C16H22N2O2/c1-20-14-9-5-8-13(17)15(14)16(19)18-11-10-12-6-3-2-4-7-12/h5-6,8-9H,2-4,7,10-11,17H2,1H3,(H,18,19). The second kappa shape index (κ2) is 6.98. The van der Waals surface area contributed by atoms with Crippen LogP contribution < -0.4 is 15.8 Å². The van der Waals surface area contributed by atoms with Crippen molar-refractivity contribution < 1.29 is 9.53 Å². The van der Waals surface area contributed by atoms with Crippen LogP contribution in [0.3, 0.4) is 0 Å². The minimum atomic E-state index is -0.170. The molecule has 20 heavy (non-hydrogen) atoms. The minimum Gasteiger partial charge on any atom is -0.496 e. The first kappa shape index (κ1) is 14.4. The van der Waals surface area contributed by atoms with Gasteiger partial charge in [0.15, 0.2) is 0 Å². The van der Waals surface area contributed by atoms with Gasteiger partial charge in [-0.05, 0) is 44.2 Å². The summed E-state index contributed by atoms with van der Waals surface area (Å²) in [7, 11) is 1.54. The van der Waals surface area contributed by atoms with Gasteiger partial charge in [0.05, 0.1) is 7.11 Å². The maximum atomic E-state index is 12.2. The van der Waals surface area contributed by atoms with E-state index in [4.69, 9.17) is 10.5 Å². The Morgan fingerprint density at radius 3 is 2.95 bits per heavy atom. The van der Waals surface area contributed by atoms with Crippen LogP contribution in [0.5, 0.6) is 5.75 Å². The summed E-state index contributed by atoms with van der Waals surface area (Å²) in [6, 6.07) is 5.23. The van der Waals surface area contributed by atoms with Gasteiger partial charge in [0.2, 0.25) is 0 Å². The van der Waals surface area contributed by atoms with Gasteiger partial charge in [-0.25, -0.2) is 0 Å². The number of carbonyl (C=O) groups is 1. The number of nitrogens with one attached hydrogen (secondary N) is 1. The average Bonchev–Trinajstić information content (AvgIpc) is 2.47. The van der Waals surface area contributed by atoms with Crippen molar-refractivity contribution in [1.29, 1.82) is 0 Å². The smallest absolute Gasteiger partial charge is 0.257 e. The van der Waals surface area contributed by atoms with Crippen molar-refractivity contribution in [3.8, 4) is 5.75 Å². The highest BCUT2D eigenvalue weighted by Crippen LogP contribution is 2.24. The molecule has 0 saturated carbocycles. The lowest BCUT2D eigenvalue weighted by molar-refractivity contribution is 0.0952. The van der Waals surface area contributed by atoms with Crippen LogP contribution in [0.1, 0.15) is 42.5 Å². The molecule has 2 rings (SSSR count). The number of anilines is 1. The number of carbonyl (C=O) groups excluding carboxylic acids is 1. The zero-order valence-corrected chi connectivity index (χ0v) is 11.9. The van der Waals surface area contributed by atoms with E-state index in [-0.39, 0.29) is 5.91 Å². The van der Waals surface area contributed by atoms with Crippen LogP contribution in [0.4, 0.5) is 5.69 Å². The van der Waals surface area contributed by atoms with Gasteiger partial charge in [0.25, 0.3) is 5.91 Å². The normalized spacial score (nSPS) is 14.6. The fourth-order valence-electron chi connectivity index (χ4n) is 2.52. The maximum absolute atomic E-state index is 12.2. The third kappa shape index (κ3) is 3.53. The number of ether oxygens (including phenoxy) is 1. The van der Waals surface area contributed by atoms with E-state index in [0.717, 1.165) is 12.8 Å². The van der Waals surface area contributed by atoms with Gasteiger partial charge in [-0.3, -0.25) is 4.79 Å². The van der Waals surface area contributed by atoms with Crippen LogP contribution >= 0.6 is 0 Å². The molecule has 0 spiro atoms. The van der Waals surface area contributed by atoms with E-state index in [9.17, 15) is 4.79 Å². The Labute approximate surface area is 120 Å². The van der Waals surface area contributed by atoms with Crippen molar-refractivity contribution in [3.05, 3.63) is 35.4 Å². The molecule has 0 saturated heterocycles. The quantitative estimate of drug-likeness (QED) is 0.641. The first-order valence-electron chi connectivity index (χ1n) is 7.11. The number of hydrogen-bond acceptors (Lipinski definition) is 3. The predicted octanol–water partition coefficient (Wildman–Crippen LogP) is 2.90. The summed E-state index contributed by atoms with van der Waals surface area (Å²) in [5.74, 6) is 0.343. The zero-order chi connectivity index (χ0) is 14.4. The number of amides is 1. The molecule has 0 unspecified atom stereocenters. The van der Waals surface area contributed by atoms with Crippen molar-refractivity contribution in [1.82, 2.24) is 5.32 Å². The van der Waals surface area contributed by atoms with E-state index in [0.29, 0.717) is 23.5 Å². The minimum absolute atomic E-state index is 0.170. The molecule has 1 amide bonds. The lowest BCUT2D eigenvalue weighted by atomic mass is 9.97. The maximum Gasteiger partial charge on any atom is 0.257 e. The number of benzene rings is 1. The van der Waals surface area contributed by atoms with Crippen LogP contribution in [-0.4, -0.2) is 19.6 Å². The molecular weight excluding hydrogens is 252 g/mol. The summed E-state index contributed by atoms with van der Waals surface area (Å²) in [6.45, 7) is 0.641. The van der Waals surface area contributed by atoms with Crippen molar-refractivity contribution >= 4 is 11.6 Å². The third-order valence-electron chi connectivity index (χ3n) is 3.62. The molecule has 0 radical (unpaired) electrons. The molecule has 1 aromatic carbocycles. The summed E-state index contributed by atoms with van der Waals surface area (Å²) < 4.78 is 5.19. The Morgan fingerprint density at radius 2 is 2.25 bits per heavy atom. The molecule has 108 valence electrons. The number of hydrogen-bond donors (Lipinski definition) is 2. The van der Waals surface area contributed by atoms with Crippen LogP contribution in [0, 0.1) is 0 Å². The molecule has 4 heteroatoms. The van der Waals surface area contributed by atoms with E-state index in [1.807, 2.05) is 0 Å². The van der Waals surface area contributed by atoms with Crippen molar-refractivity contribution in [2.24, 2.45) is 0 Å². The number of nitrogens with two attached hydrogens (primary N) is 1.